The molecule has 3 saturated heterocycles. The van der Waals surface area contributed by atoms with Crippen molar-refractivity contribution >= 4 is 62.5 Å². The van der Waals surface area contributed by atoms with Crippen LogP contribution in [0.4, 0.5) is 5.69 Å². The highest BCUT2D eigenvalue weighted by Crippen LogP contribution is 2.52. The highest BCUT2D eigenvalue weighted by molar-refractivity contribution is 7.90. The van der Waals surface area contributed by atoms with Gasteiger partial charge >= 0.3 is 0 Å². The molecule has 4 aromatic rings. The van der Waals surface area contributed by atoms with Crippen molar-refractivity contribution in [1.82, 2.24) is 36.5 Å². The molecule has 1 aromatic heterocycles. The number of nitrogens with one attached hydrogen (secondary N) is 6. The molecule has 1 unspecified atom stereocenters. The van der Waals surface area contributed by atoms with Gasteiger partial charge in [0.1, 0.15) is 29.4 Å². The lowest BCUT2D eigenvalue weighted by molar-refractivity contribution is -0.254. The summed E-state index contributed by atoms with van der Waals surface area (Å²) in [5.74, 6) is -7.20. The number of methoxy groups -OCH3 is 2. The molecule has 8 atom stereocenters. The number of ketones is 2. The Morgan fingerprint density at radius 3 is 2.24 bits per heavy atom. The van der Waals surface area contributed by atoms with Gasteiger partial charge in [0.15, 0.2) is 39.5 Å². The maximum Gasteiger partial charge on any atom is 0.252 e. The zero-order valence-electron chi connectivity index (χ0n) is 45.3. The maximum absolute atomic E-state index is 14.3. The normalized spacial score (nSPS) is 22.4. The molecule has 8 N–H and O–H groups in total. The standard InChI is InChI=1S/C55H59N9O18S/c1-26-50-34(64-14-15-79-55(78-3)54(64)82-50)19-41(80-26)81-36-18-28(17-33-43(36)49(72)45-44(47(33)70)46(69)32-6-5-7-35(77-2)42(32)48(45)71)51(73)61-21-27-8-10-31(11-9-27)63-40(68)25-60-39(67)24-59-38(66)23-58-37(65)12-13-57-52(74)30-16-29(20-56)53(62-22-30)83(4,75)76/h5-11,16,22,26,28,34,36,41,50,54-55,70,72H,12-15,17-19,21,23-25H2,1-4H3,(H,57,74)(H,58,65)(H,59,66)(H,60,67)(H,61,73)(H,63,68)/t26-,28?,34-,36-,41-,50+,54+,55-/m0/s1. The van der Waals surface area contributed by atoms with E-state index in [9.17, 15) is 62.2 Å². The SMILES string of the molecule is COc1cccc2c1C(=O)c1c(O)c3c(c(O)c1C2=O)CC(C(=O)NCc1ccc(NC(=O)CNC(=O)CNC(=O)CNC(=O)CCNC(=O)c2cnc(S(C)(=O)=O)c(C#N)c2)cc1)C[C@@H]3O[C@H]1C[C@H]2[C@H](O[C@@H]3[C@@H](OC)OCCN32)[C@H](C)O1. The summed E-state index contributed by atoms with van der Waals surface area (Å²) < 4.78 is 59.8. The van der Waals surface area contributed by atoms with Crippen molar-refractivity contribution in [3.63, 3.8) is 0 Å². The molecule has 0 bridgehead atoms. The van der Waals surface area contributed by atoms with Gasteiger partial charge in [0.2, 0.25) is 35.3 Å². The largest absolute Gasteiger partial charge is 0.507 e. The number of hydrogen-bond acceptors (Lipinski definition) is 21. The number of phenolic OH excluding ortho intramolecular Hbond substituents is 2. The summed E-state index contributed by atoms with van der Waals surface area (Å²) in [4.78, 5) is 111. The number of carbonyl (C=O) groups excluding carboxylic acids is 8. The van der Waals surface area contributed by atoms with Crippen molar-refractivity contribution in [2.75, 3.05) is 65.1 Å². The topological polar surface area (TPSA) is 379 Å². The number of anilines is 1. The molecule has 83 heavy (non-hydrogen) atoms. The van der Waals surface area contributed by atoms with E-state index >= 15 is 0 Å². The zero-order valence-corrected chi connectivity index (χ0v) is 46.1. The molecule has 4 heterocycles. The van der Waals surface area contributed by atoms with Gasteiger partial charge in [-0.1, -0.05) is 24.3 Å². The van der Waals surface area contributed by atoms with Crippen molar-refractivity contribution in [2.24, 2.45) is 5.92 Å². The van der Waals surface area contributed by atoms with Gasteiger partial charge in [-0.05, 0) is 49.6 Å². The lowest BCUT2D eigenvalue weighted by Crippen LogP contribution is -2.55. The number of pyridine rings is 1. The van der Waals surface area contributed by atoms with E-state index < -0.39 is 141 Å². The number of fused-ring (bicyclic) bond motifs is 6. The summed E-state index contributed by atoms with van der Waals surface area (Å²) in [7, 11) is -0.927. The third-order valence-electron chi connectivity index (χ3n) is 14.8. The number of ether oxygens (including phenoxy) is 6. The van der Waals surface area contributed by atoms with Crippen LogP contribution in [-0.4, -0.2) is 172 Å². The third kappa shape index (κ3) is 12.7. The predicted molar refractivity (Wildman–Crippen MR) is 285 cm³/mol. The second-order valence-corrected chi connectivity index (χ2v) is 22.1. The maximum atomic E-state index is 14.3. The van der Waals surface area contributed by atoms with Gasteiger partial charge in [-0.3, -0.25) is 43.3 Å². The molecule has 28 heteroatoms. The number of sulfone groups is 1. The van der Waals surface area contributed by atoms with Gasteiger partial charge in [0.25, 0.3) is 5.91 Å². The van der Waals surface area contributed by atoms with Gasteiger partial charge in [-0.15, -0.1) is 0 Å². The molecule has 5 aliphatic rings. The minimum atomic E-state index is -3.81. The Labute approximate surface area is 474 Å². The number of carbonyl (C=O) groups is 8. The number of amides is 6. The van der Waals surface area contributed by atoms with E-state index in [1.165, 1.54) is 32.4 Å². The van der Waals surface area contributed by atoms with E-state index in [1.807, 2.05) is 6.92 Å². The number of nitrogens with zero attached hydrogens (tertiary/aromatic N) is 3. The Morgan fingerprint density at radius 2 is 1.55 bits per heavy atom. The first kappa shape index (κ1) is 59.2. The first-order chi connectivity index (χ1) is 39.7. The quantitative estimate of drug-likeness (QED) is 0.0509. The Kier molecular flexibility index (Phi) is 17.8. The molecule has 0 spiro atoms. The highest BCUT2D eigenvalue weighted by atomic mass is 32.2. The van der Waals surface area contributed by atoms with Gasteiger partial charge in [0, 0.05) is 86.4 Å². The van der Waals surface area contributed by atoms with E-state index in [0.717, 1.165) is 18.5 Å². The van der Waals surface area contributed by atoms with Gasteiger partial charge in [-0.25, -0.2) is 13.4 Å². The van der Waals surface area contributed by atoms with E-state index in [4.69, 9.17) is 28.4 Å². The number of hydrogen-bond donors (Lipinski definition) is 8. The molecule has 9 rings (SSSR count). The van der Waals surface area contributed by atoms with Crippen LogP contribution < -0.4 is 36.6 Å². The number of morpholine rings is 1. The van der Waals surface area contributed by atoms with Crippen LogP contribution in [0.5, 0.6) is 17.2 Å². The minimum absolute atomic E-state index is 0.0188. The molecule has 3 fully saturated rings. The van der Waals surface area contributed by atoms with E-state index in [2.05, 4.69) is 41.8 Å². The van der Waals surface area contributed by atoms with Crippen molar-refractivity contribution in [2.45, 2.75) is 87.3 Å². The van der Waals surface area contributed by atoms with E-state index in [0.29, 0.717) is 30.8 Å². The van der Waals surface area contributed by atoms with Crippen molar-refractivity contribution in [3.8, 4) is 23.3 Å². The highest BCUT2D eigenvalue weighted by Gasteiger charge is 2.54. The van der Waals surface area contributed by atoms with Gasteiger partial charge < -0.3 is 70.5 Å². The Balaban J connectivity index is 0.764. The molecule has 0 radical (unpaired) electrons. The van der Waals surface area contributed by atoms with Crippen LogP contribution >= 0.6 is 0 Å². The lowest BCUT2D eigenvalue weighted by Gasteiger charge is -2.42. The number of phenols is 2. The molecule has 6 amide bonds. The first-order valence-corrected chi connectivity index (χ1v) is 28.2. The Hall–Kier alpha value is -8.43. The number of aromatic hydroxyl groups is 2. The van der Waals surface area contributed by atoms with E-state index in [1.54, 1.807) is 30.3 Å². The van der Waals surface area contributed by atoms with Crippen LogP contribution in [0, 0.1) is 17.2 Å². The number of nitriles is 1. The Morgan fingerprint density at radius 1 is 0.855 bits per heavy atom. The van der Waals surface area contributed by atoms with Crippen LogP contribution in [0.2, 0.25) is 0 Å². The summed E-state index contributed by atoms with van der Waals surface area (Å²) in [6, 6.07) is 13.5. The lowest BCUT2D eigenvalue weighted by atomic mass is 9.74. The number of aromatic nitrogens is 1. The monoisotopic (exact) mass is 1170 g/mol. The first-order valence-electron chi connectivity index (χ1n) is 26.3. The molecule has 27 nitrogen and oxygen atoms in total. The fraction of sp³-hybridized carbons (Fsp3) is 0.418. The average Bonchev–Trinajstić information content (AvgIpc) is 1.56. The fourth-order valence-corrected chi connectivity index (χ4v) is 11.6. The fourth-order valence-electron chi connectivity index (χ4n) is 10.8. The summed E-state index contributed by atoms with van der Waals surface area (Å²) in [5.41, 5.74) is -0.235. The Bertz CT molecular complexity index is 3450. The smallest absolute Gasteiger partial charge is 0.252 e. The van der Waals surface area contributed by atoms with Crippen LogP contribution in [0.25, 0.3) is 0 Å². The number of benzene rings is 3. The average molecular weight is 1170 g/mol. The zero-order chi connectivity index (χ0) is 59.4. The summed E-state index contributed by atoms with van der Waals surface area (Å²) in [6.07, 6.45) is -2.28. The predicted octanol–water partition coefficient (Wildman–Crippen LogP) is 0.129. The van der Waals surface area contributed by atoms with Crippen molar-refractivity contribution < 1.29 is 85.4 Å². The van der Waals surface area contributed by atoms with Crippen molar-refractivity contribution in [1.29, 1.82) is 5.26 Å². The second kappa shape index (κ2) is 25.0. The molecular weight excluding hydrogens is 1110 g/mol. The summed E-state index contributed by atoms with van der Waals surface area (Å²) in [5, 5.41) is 47.9. The van der Waals surface area contributed by atoms with Gasteiger partial charge in [-0.2, -0.15) is 5.26 Å². The second-order valence-electron chi connectivity index (χ2n) is 20.2. The van der Waals surface area contributed by atoms with Crippen LogP contribution in [0.15, 0.2) is 59.8 Å². The van der Waals surface area contributed by atoms with Crippen LogP contribution in [0.1, 0.15) is 96.7 Å². The molecular formula is C55H59N9O18S. The molecule has 2 aliphatic carbocycles. The molecule has 3 aliphatic heterocycles. The van der Waals surface area contributed by atoms with Crippen LogP contribution in [0.3, 0.4) is 0 Å². The van der Waals surface area contributed by atoms with Crippen LogP contribution in [-0.2, 0) is 70.5 Å². The van der Waals surface area contributed by atoms with Crippen molar-refractivity contribution in [3.05, 3.63) is 105 Å². The van der Waals surface area contributed by atoms with Gasteiger partial charge in [0.05, 0.1) is 73.4 Å². The number of rotatable bonds is 19. The third-order valence-corrected chi connectivity index (χ3v) is 15.8. The summed E-state index contributed by atoms with van der Waals surface area (Å²) in [6.45, 7) is 1.15. The molecule has 438 valence electrons. The summed E-state index contributed by atoms with van der Waals surface area (Å²) >= 11 is 0. The molecule has 3 aromatic carbocycles. The minimum Gasteiger partial charge on any atom is -0.507 e. The van der Waals surface area contributed by atoms with E-state index in [-0.39, 0.29) is 83.6 Å². The molecule has 0 saturated carbocycles.